The monoisotopic (exact) mass is 376 g/mol. The van der Waals surface area contributed by atoms with E-state index in [0.717, 1.165) is 38.8 Å². The van der Waals surface area contributed by atoms with Crippen molar-refractivity contribution in [3.05, 3.63) is 65.0 Å². The Balaban J connectivity index is 1.41. The number of rotatable bonds is 3. The first kappa shape index (κ1) is 17.4. The van der Waals surface area contributed by atoms with Gasteiger partial charge in [-0.2, -0.15) is 13.2 Å². The van der Waals surface area contributed by atoms with Crippen molar-refractivity contribution >= 4 is 27.1 Å². The van der Waals surface area contributed by atoms with E-state index in [4.69, 9.17) is 0 Å². The Morgan fingerprint density at radius 2 is 1.69 bits per heavy atom. The summed E-state index contributed by atoms with van der Waals surface area (Å²) in [6.07, 6.45) is -4.29. The lowest BCUT2D eigenvalue weighted by molar-refractivity contribution is -0.137. The number of nitrogens with zero attached hydrogens (tertiary/aromatic N) is 2. The van der Waals surface area contributed by atoms with Crippen molar-refractivity contribution in [2.24, 2.45) is 0 Å². The van der Waals surface area contributed by atoms with E-state index in [9.17, 15) is 13.2 Å². The zero-order chi connectivity index (χ0) is 18.1. The number of thiophene rings is 1. The van der Waals surface area contributed by atoms with Gasteiger partial charge in [0.2, 0.25) is 0 Å². The Bertz CT molecular complexity index is 895. The summed E-state index contributed by atoms with van der Waals surface area (Å²) in [5.41, 5.74) is 1.40. The summed E-state index contributed by atoms with van der Waals surface area (Å²) >= 11 is 1.76. The summed E-state index contributed by atoms with van der Waals surface area (Å²) in [6, 6.07) is 14.0. The Morgan fingerprint density at radius 3 is 2.46 bits per heavy atom. The van der Waals surface area contributed by atoms with Crippen LogP contribution in [0.1, 0.15) is 11.1 Å². The second-order valence-corrected chi connectivity index (χ2v) is 7.48. The van der Waals surface area contributed by atoms with E-state index >= 15 is 0 Å². The van der Waals surface area contributed by atoms with Gasteiger partial charge in [-0.15, -0.1) is 11.3 Å². The second-order valence-electron chi connectivity index (χ2n) is 6.57. The van der Waals surface area contributed by atoms with E-state index in [-0.39, 0.29) is 0 Å². The maximum Gasteiger partial charge on any atom is 0.416 e. The van der Waals surface area contributed by atoms with Gasteiger partial charge in [0.1, 0.15) is 0 Å². The van der Waals surface area contributed by atoms with E-state index < -0.39 is 11.7 Å². The molecule has 2 aromatic carbocycles. The predicted molar refractivity (Wildman–Crippen MR) is 101 cm³/mol. The number of halogens is 3. The molecule has 0 aliphatic carbocycles. The second kappa shape index (κ2) is 6.93. The molecule has 136 valence electrons. The normalized spacial score (nSPS) is 16.3. The van der Waals surface area contributed by atoms with Crippen molar-refractivity contribution in [3.63, 3.8) is 0 Å². The van der Waals surface area contributed by atoms with E-state index in [1.54, 1.807) is 17.4 Å². The minimum Gasteiger partial charge on any atom is -0.369 e. The Labute approximate surface area is 154 Å². The van der Waals surface area contributed by atoms with Crippen LogP contribution in [0.3, 0.4) is 0 Å². The third-order valence-corrected chi connectivity index (χ3v) is 5.88. The lowest BCUT2D eigenvalue weighted by atomic mass is 10.1. The summed E-state index contributed by atoms with van der Waals surface area (Å²) in [6.45, 7) is 4.06. The first-order valence-electron chi connectivity index (χ1n) is 8.60. The van der Waals surface area contributed by atoms with E-state index in [1.807, 2.05) is 4.90 Å². The highest BCUT2D eigenvalue weighted by Gasteiger charge is 2.31. The summed E-state index contributed by atoms with van der Waals surface area (Å²) in [5.74, 6) is 0. The molecule has 1 aliphatic heterocycles. The van der Waals surface area contributed by atoms with E-state index in [0.29, 0.717) is 5.69 Å². The first-order valence-corrected chi connectivity index (χ1v) is 9.48. The Kier molecular flexibility index (Phi) is 4.63. The number of fused-ring (bicyclic) bond motifs is 1. The van der Waals surface area contributed by atoms with E-state index in [2.05, 4.69) is 34.5 Å². The quantitative estimate of drug-likeness (QED) is 0.617. The number of anilines is 1. The number of benzene rings is 2. The molecule has 26 heavy (non-hydrogen) atoms. The van der Waals surface area contributed by atoms with Gasteiger partial charge in [-0.05, 0) is 40.6 Å². The Hall–Kier alpha value is -2.05. The van der Waals surface area contributed by atoms with Crippen molar-refractivity contribution < 1.29 is 13.2 Å². The molecule has 0 atom stereocenters. The third kappa shape index (κ3) is 3.57. The van der Waals surface area contributed by atoms with Gasteiger partial charge in [0.05, 0.1) is 5.56 Å². The lowest BCUT2D eigenvalue weighted by Gasteiger charge is -2.36. The van der Waals surface area contributed by atoms with Gasteiger partial charge < -0.3 is 4.90 Å². The molecule has 1 aliphatic rings. The summed E-state index contributed by atoms with van der Waals surface area (Å²) in [7, 11) is 0. The highest BCUT2D eigenvalue weighted by atomic mass is 32.1. The van der Waals surface area contributed by atoms with Crippen LogP contribution < -0.4 is 4.90 Å². The fourth-order valence-corrected chi connectivity index (χ4v) is 4.39. The van der Waals surface area contributed by atoms with Crippen LogP contribution in [0.2, 0.25) is 0 Å². The topological polar surface area (TPSA) is 6.48 Å². The molecular formula is C20H19F3N2S. The molecular weight excluding hydrogens is 357 g/mol. The molecule has 0 bridgehead atoms. The SMILES string of the molecule is FC(F)(F)c1cccc(N2CCN(Cc3csc4ccccc34)CC2)c1. The van der Waals surface area contributed by atoms with Crippen LogP contribution in [0.4, 0.5) is 18.9 Å². The number of hydrogen-bond acceptors (Lipinski definition) is 3. The zero-order valence-corrected chi connectivity index (χ0v) is 15.0. The standard InChI is InChI=1S/C20H19F3N2S/c21-20(22,23)16-4-3-5-17(12-16)25-10-8-24(9-11-25)13-15-14-26-19-7-2-1-6-18(15)19/h1-7,12,14H,8-11,13H2. The average Bonchev–Trinajstić information content (AvgIpc) is 3.05. The highest BCUT2D eigenvalue weighted by Crippen LogP contribution is 2.32. The molecule has 2 heterocycles. The smallest absolute Gasteiger partial charge is 0.369 e. The van der Waals surface area contributed by atoms with Crippen molar-refractivity contribution in [1.82, 2.24) is 4.90 Å². The molecule has 0 spiro atoms. The molecule has 2 nitrogen and oxygen atoms in total. The minimum atomic E-state index is -4.29. The largest absolute Gasteiger partial charge is 0.416 e. The molecule has 1 saturated heterocycles. The maximum atomic E-state index is 12.9. The highest BCUT2D eigenvalue weighted by molar-refractivity contribution is 7.17. The van der Waals surface area contributed by atoms with Crippen molar-refractivity contribution in [3.8, 4) is 0 Å². The van der Waals surface area contributed by atoms with E-state index in [1.165, 1.54) is 27.8 Å². The summed E-state index contributed by atoms with van der Waals surface area (Å²) in [4.78, 5) is 4.41. The molecule has 4 rings (SSSR count). The van der Waals surface area contributed by atoms with Gasteiger partial charge in [-0.3, -0.25) is 4.90 Å². The molecule has 0 saturated carbocycles. The van der Waals surface area contributed by atoms with Crippen LogP contribution in [-0.2, 0) is 12.7 Å². The van der Waals surface area contributed by atoms with Crippen LogP contribution in [0.25, 0.3) is 10.1 Å². The average molecular weight is 376 g/mol. The van der Waals surface area contributed by atoms with Gasteiger partial charge >= 0.3 is 6.18 Å². The number of hydrogen-bond donors (Lipinski definition) is 0. The fraction of sp³-hybridized carbons (Fsp3) is 0.300. The van der Waals surface area contributed by atoms with Gasteiger partial charge in [0.15, 0.2) is 0 Å². The Morgan fingerprint density at radius 1 is 0.923 bits per heavy atom. The molecule has 0 N–H and O–H groups in total. The summed E-state index contributed by atoms with van der Waals surface area (Å²) < 4.78 is 40.0. The predicted octanol–water partition coefficient (Wildman–Crippen LogP) is 5.24. The first-order chi connectivity index (χ1) is 12.5. The van der Waals surface area contributed by atoms with Crippen LogP contribution >= 0.6 is 11.3 Å². The molecule has 1 aromatic heterocycles. The van der Waals surface area contributed by atoms with Gasteiger partial charge in [0.25, 0.3) is 0 Å². The fourth-order valence-electron chi connectivity index (χ4n) is 3.44. The molecule has 3 aromatic rings. The van der Waals surface area contributed by atoms with Crippen LogP contribution in [-0.4, -0.2) is 31.1 Å². The van der Waals surface area contributed by atoms with Crippen LogP contribution in [0.5, 0.6) is 0 Å². The molecule has 1 fully saturated rings. The van der Waals surface area contributed by atoms with Crippen molar-refractivity contribution in [2.75, 3.05) is 31.1 Å². The molecule has 0 radical (unpaired) electrons. The van der Waals surface area contributed by atoms with Crippen molar-refractivity contribution in [1.29, 1.82) is 0 Å². The molecule has 6 heteroatoms. The maximum absolute atomic E-state index is 12.9. The molecule has 0 unspecified atom stereocenters. The number of piperazine rings is 1. The van der Waals surface area contributed by atoms with Gasteiger partial charge in [-0.1, -0.05) is 24.3 Å². The zero-order valence-electron chi connectivity index (χ0n) is 14.2. The lowest BCUT2D eigenvalue weighted by Crippen LogP contribution is -2.46. The van der Waals surface area contributed by atoms with Gasteiger partial charge in [0, 0.05) is 43.1 Å². The summed E-state index contributed by atoms with van der Waals surface area (Å²) in [5, 5.41) is 3.52. The van der Waals surface area contributed by atoms with Gasteiger partial charge in [-0.25, -0.2) is 0 Å². The molecule has 0 amide bonds. The van der Waals surface area contributed by atoms with Crippen molar-refractivity contribution in [2.45, 2.75) is 12.7 Å². The third-order valence-electron chi connectivity index (χ3n) is 4.87. The number of alkyl halides is 3. The minimum absolute atomic E-state index is 0.581. The van der Waals surface area contributed by atoms with Crippen LogP contribution in [0, 0.1) is 0 Å². The van der Waals surface area contributed by atoms with Crippen LogP contribution in [0.15, 0.2) is 53.9 Å².